The van der Waals surface area contributed by atoms with E-state index in [2.05, 4.69) is 0 Å². The van der Waals surface area contributed by atoms with Crippen LogP contribution in [0.1, 0.15) is 12.0 Å². The first-order valence-electron chi connectivity index (χ1n) is 4.84. The lowest BCUT2D eigenvalue weighted by molar-refractivity contribution is 0.218. The fourth-order valence-corrected chi connectivity index (χ4v) is 1.28. The maximum atomic E-state index is 12.6. The van der Waals surface area contributed by atoms with Crippen molar-refractivity contribution in [2.75, 3.05) is 13.6 Å². The topological polar surface area (TPSA) is 46.3 Å². The first kappa shape index (κ1) is 11.5. The Kier molecular flexibility index (Phi) is 4.09. The van der Waals surface area contributed by atoms with Crippen molar-refractivity contribution in [3.63, 3.8) is 0 Å². The van der Waals surface area contributed by atoms with Crippen LogP contribution in [-0.4, -0.2) is 24.5 Å². The monoisotopic (exact) mass is 210 g/mol. The van der Waals surface area contributed by atoms with Crippen molar-refractivity contribution in [1.29, 1.82) is 0 Å². The number of urea groups is 1. The summed E-state index contributed by atoms with van der Waals surface area (Å²) in [5.74, 6) is -0.229. The van der Waals surface area contributed by atoms with E-state index in [1.54, 1.807) is 19.2 Å². The molecule has 1 aromatic rings. The van der Waals surface area contributed by atoms with Crippen molar-refractivity contribution >= 4 is 6.03 Å². The average molecular weight is 210 g/mol. The standard InChI is InChI=1S/C11H15FN2O/c1-14(11(13)15)8-2-3-9-4-6-10(12)7-5-9/h4-7H,2-3,8H2,1H3,(H2,13,15). The van der Waals surface area contributed by atoms with Gasteiger partial charge in [0, 0.05) is 13.6 Å². The highest BCUT2D eigenvalue weighted by atomic mass is 19.1. The van der Waals surface area contributed by atoms with Gasteiger partial charge in [-0.15, -0.1) is 0 Å². The van der Waals surface area contributed by atoms with Gasteiger partial charge < -0.3 is 10.6 Å². The molecule has 0 saturated heterocycles. The van der Waals surface area contributed by atoms with Crippen LogP contribution < -0.4 is 5.73 Å². The molecule has 0 bridgehead atoms. The second-order valence-electron chi connectivity index (χ2n) is 3.49. The second-order valence-corrected chi connectivity index (χ2v) is 3.49. The van der Waals surface area contributed by atoms with E-state index in [-0.39, 0.29) is 5.82 Å². The Labute approximate surface area is 88.7 Å². The SMILES string of the molecule is CN(CCCc1ccc(F)cc1)C(N)=O. The Morgan fingerprint density at radius 2 is 2.00 bits per heavy atom. The Morgan fingerprint density at radius 1 is 1.40 bits per heavy atom. The van der Waals surface area contributed by atoms with Gasteiger partial charge in [0.15, 0.2) is 0 Å². The molecular formula is C11H15FN2O. The number of carbonyl (C=O) groups is 1. The lowest BCUT2D eigenvalue weighted by atomic mass is 10.1. The zero-order valence-electron chi connectivity index (χ0n) is 8.74. The minimum Gasteiger partial charge on any atom is -0.351 e. The third-order valence-corrected chi connectivity index (χ3v) is 2.25. The first-order chi connectivity index (χ1) is 7.09. The average Bonchev–Trinajstić information content (AvgIpc) is 2.20. The molecule has 2 amide bonds. The number of halogens is 1. The molecule has 0 atom stereocenters. The minimum atomic E-state index is -0.422. The van der Waals surface area contributed by atoms with Gasteiger partial charge in [-0.2, -0.15) is 0 Å². The summed E-state index contributed by atoms with van der Waals surface area (Å²) in [5, 5.41) is 0. The number of hydrogen-bond acceptors (Lipinski definition) is 1. The molecule has 0 radical (unpaired) electrons. The number of carbonyl (C=O) groups excluding carboxylic acids is 1. The molecule has 0 aliphatic carbocycles. The van der Waals surface area contributed by atoms with Crippen molar-refractivity contribution in [1.82, 2.24) is 4.90 Å². The predicted molar refractivity (Wildman–Crippen MR) is 56.9 cm³/mol. The number of hydrogen-bond donors (Lipinski definition) is 1. The summed E-state index contributed by atoms with van der Waals surface area (Å²) in [6.07, 6.45) is 1.64. The minimum absolute atomic E-state index is 0.229. The van der Waals surface area contributed by atoms with Crippen LogP contribution in [-0.2, 0) is 6.42 Å². The molecule has 0 unspecified atom stereocenters. The van der Waals surface area contributed by atoms with Crippen LogP contribution in [0.3, 0.4) is 0 Å². The molecule has 0 fully saturated rings. The highest BCUT2D eigenvalue weighted by Gasteiger charge is 2.02. The van der Waals surface area contributed by atoms with E-state index < -0.39 is 6.03 Å². The number of nitrogens with two attached hydrogens (primary N) is 1. The molecule has 15 heavy (non-hydrogen) atoms. The molecule has 0 spiro atoms. The molecule has 0 heterocycles. The van der Waals surface area contributed by atoms with E-state index in [1.807, 2.05) is 0 Å². The number of aryl methyl sites for hydroxylation is 1. The van der Waals surface area contributed by atoms with Gasteiger partial charge in [-0.3, -0.25) is 0 Å². The van der Waals surface area contributed by atoms with Gasteiger partial charge >= 0.3 is 6.03 Å². The normalized spacial score (nSPS) is 10.0. The van der Waals surface area contributed by atoms with E-state index in [4.69, 9.17) is 5.73 Å². The molecule has 0 aromatic heterocycles. The molecule has 1 aromatic carbocycles. The smallest absolute Gasteiger partial charge is 0.314 e. The molecule has 0 aliphatic heterocycles. The summed E-state index contributed by atoms with van der Waals surface area (Å²) in [6.45, 7) is 0.618. The van der Waals surface area contributed by atoms with Crippen LogP contribution in [0.2, 0.25) is 0 Å². The Bertz CT molecular complexity index is 324. The summed E-state index contributed by atoms with van der Waals surface area (Å²) in [4.78, 5) is 12.1. The summed E-state index contributed by atoms with van der Waals surface area (Å²) in [7, 11) is 1.66. The Morgan fingerprint density at radius 3 is 2.53 bits per heavy atom. The van der Waals surface area contributed by atoms with Gasteiger partial charge in [0.25, 0.3) is 0 Å². The maximum absolute atomic E-state index is 12.6. The lowest BCUT2D eigenvalue weighted by Gasteiger charge is -2.13. The molecule has 2 N–H and O–H groups in total. The van der Waals surface area contributed by atoms with Gasteiger partial charge in [0.1, 0.15) is 5.82 Å². The number of amides is 2. The van der Waals surface area contributed by atoms with Crippen molar-refractivity contribution in [3.05, 3.63) is 35.6 Å². The lowest BCUT2D eigenvalue weighted by Crippen LogP contribution is -2.32. The number of benzene rings is 1. The van der Waals surface area contributed by atoms with Gasteiger partial charge in [-0.05, 0) is 30.5 Å². The molecule has 0 aliphatic rings. The third kappa shape index (κ3) is 3.97. The fraction of sp³-hybridized carbons (Fsp3) is 0.364. The van der Waals surface area contributed by atoms with Crippen molar-refractivity contribution in [2.45, 2.75) is 12.8 Å². The van der Waals surface area contributed by atoms with E-state index >= 15 is 0 Å². The summed E-state index contributed by atoms with van der Waals surface area (Å²) in [6, 6.07) is 5.95. The largest absolute Gasteiger partial charge is 0.351 e. The Hall–Kier alpha value is -1.58. The van der Waals surface area contributed by atoms with Crippen LogP contribution in [0.4, 0.5) is 9.18 Å². The van der Waals surface area contributed by atoms with Gasteiger partial charge in [0.05, 0.1) is 0 Å². The van der Waals surface area contributed by atoms with Crippen molar-refractivity contribution in [2.24, 2.45) is 5.73 Å². The van der Waals surface area contributed by atoms with E-state index in [1.165, 1.54) is 17.0 Å². The summed E-state index contributed by atoms with van der Waals surface area (Å²) in [5.41, 5.74) is 6.14. The summed E-state index contributed by atoms with van der Waals surface area (Å²) >= 11 is 0. The quantitative estimate of drug-likeness (QED) is 0.808. The van der Waals surface area contributed by atoms with Gasteiger partial charge in [-0.1, -0.05) is 12.1 Å². The molecular weight excluding hydrogens is 195 g/mol. The number of nitrogens with zero attached hydrogens (tertiary/aromatic N) is 1. The van der Waals surface area contributed by atoms with Gasteiger partial charge in [-0.25, -0.2) is 9.18 Å². The van der Waals surface area contributed by atoms with Crippen molar-refractivity contribution < 1.29 is 9.18 Å². The second kappa shape index (κ2) is 5.34. The molecule has 1 rings (SSSR count). The molecule has 4 heteroatoms. The zero-order chi connectivity index (χ0) is 11.3. The highest BCUT2D eigenvalue weighted by Crippen LogP contribution is 2.05. The highest BCUT2D eigenvalue weighted by molar-refractivity contribution is 5.71. The first-order valence-corrected chi connectivity index (χ1v) is 4.84. The van der Waals surface area contributed by atoms with Crippen molar-refractivity contribution in [3.8, 4) is 0 Å². The van der Waals surface area contributed by atoms with E-state index in [0.717, 1.165) is 18.4 Å². The zero-order valence-corrected chi connectivity index (χ0v) is 8.74. The van der Waals surface area contributed by atoms with E-state index in [9.17, 15) is 9.18 Å². The third-order valence-electron chi connectivity index (χ3n) is 2.25. The molecule has 82 valence electrons. The van der Waals surface area contributed by atoms with Crippen LogP contribution in [0, 0.1) is 5.82 Å². The number of primary amides is 1. The summed E-state index contributed by atoms with van der Waals surface area (Å²) < 4.78 is 12.6. The van der Waals surface area contributed by atoms with Crippen LogP contribution >= 0.6 is 0 Å². The van der Waals surface area contributed by atoms with Crippen LogP contribution in [0.25, 0.3) is 0 Å². The molecule has 0 saturated carbocycles. The maximum Gasteiger partial charge on any atom is 0.314 e. The molecule has 3 nitrogen and oxygen atoms in total. The number of rotatable bonds is 4. The van der Waals surface area contributed by atoms with E-state index in [0.29, 0.717) is 6.54 Å². The van der Waals surface area contributed by atoms with Crippen LogP contribution in [0.15, 0.2) is 24.3 Å². The Balaban J connectivity index is 2.32. The van der Waals surface area contributed by atoms with Gasteiger partial charge in [0.2, 0.25) is 0 Å². The fourth-order valence-electron chi connectivity index (χ4n) is 1.28. The van der Waals surface area contributed by atoms with Crippen LogP contribution in [0.5, 0.6) is 0 Å². The predicted octanol–water partition coefficient (Wildman–Crippen LogP) is 1.77.